The zero-order chi connectivity index (χ0) is 10.4. The molecule has 1 N–H and O–H groups in total. The lowest BCUT2D eigenvalue weighted by atomic mass is 10.3. The smallest absolute Gasteiger partial charge is 0.129 e. The molecule has 0 aliphatic heterocycles. The summed E-state index contributed by atoms with van der Waals surface area (Å²) in [7, 11) is 0. The molecular weight excluding hydrogens is 176 g/mol. The number of nitrogens with zero attached hydrogens (tertiary/aromatic N) is 2. The average Bonchev–Trinajstić information content (AvgIpc) is 2.26. The van der Waals surface area contributed by atoms with E-state index in [2.05, 4.69) is 10.9 Å². The van der Waals surface area contributed by atoms with Gasteiger partial charge in [-0.3, -0.25) is 0 Å². The number of aliphatic hydroxyl groups is 1. The quantitative estimate of drug-likeness (QED) is 0.720. The summed E-state index contributed by atoms with van der Waals surface area (Å²) < 4.78 is 0. The Morgan fingerprint density at radius 3 is 2.93 bits per heavy atom. The van der Waals surface area contributed by atoms with Gasteiger partial charge < -0.3 is 10.0 Å². The van der Waals surface area contributed by atoms with Crippen LogP contribution in [0.2, 0.25) is 0 Å². The van der Waals surface area contributed by atoms with Gasteiger partial charge in [-0.05, 0) is 19.1 Å². The molecule has 0 saturated carbocycles. The van der Waals surface area contributed by atoms with Gasteiger partial charge in [0, 0.05) is 6.54 Å². The van der Waals surface area contributed by atoms with E-state index in [1.54, 1.807) is 6.07 Å². The average molecular weight is 190 g/mol. The van der Waals surface area contributed by atoms with Crippen molar-refractivity contribution in [3.63, 3.8) is 0 Å². The summed E-state index contributed by atoms with van der Waals surface area (Å²) in [5.74, 6) is 3.39. The molecule has 0 saturated heterocycles. The van der Waals surface area contributed by atoms with Crippen LogP contribution in [-0.2, 0) is 6.61 Å². The maximum absolute atomic E-state index is 8.93. The number of hydrogen-bond donors (Lipinski definition) is 1. The molecular formula is C11H14N2O. The monoisotopic (exact) mass is 190 g/mol. The van der Waals surface area contributed by atoms with Crippen LogP contribution < -0.4 is 4.90 Å². The topological polar surface area (TPSA) is 36.4 Å². The Morgan fingerprint density at radius 1 is 1.57 bits per heavy atom. The Bertz CT molecular complexity index is 330. The Labute approximate surface area is 84.4 Å². The third-order valence-corrected chi connectivity index (χ3v) is 1.94. The van der Waals surface area contributed by atoms with Crippen LogP contribution in [0.4, 0.5) is 5.82 Å². The van der Waals surface area contributed by atoms with Crippen LogP contribution in [0.1, 0.15) is 12.6 Å². The fourth-order valence-electron chi connectivity index (χ4n) is 1.20. The van der Waals surface area contributed by atoms with Gasteiger partial charge in [-0.25, -0.2) is 4.98 Å². The highest BCUT2D eigenvalue weighted by molar-refractivity contribution is 5.40. The van der Waals surface area contributed by atoms with Crippen LogP contribution in [0.15, 0.2) is 18.2 Å². The molecule has 0 aliphatic rings. The van der Waals surface area contributed by atoms with Crippen molar-refractivity contribution in [3.8, 4) is 12.3 Å². The van der Waals surface area contributed by atoms with Gasteiger partial charge in [0.1, 0.15) is 5.82 Å². The Hall–Kier alpha value is -1.53. The van der Waals surface area contributed by atoms with Crippen molar-refractivity contribution in [2.75, 3.05) is 18.0 Å². The van der Waals surface area contributed by atoms with Crippen molar-refractivity contribution in [2.24, 2.45) is 0 Å². The largest absolute Gasteiger partial charge is 0.390 e. The Kier molecular flexibility index (Phi) is 3.96. The molecule has 1 aromatic rings. The third kappa shape index (κ3) is 2.48. The predicted octanol–water partition coefficient (Wildman–Crippen LogP) is 1.03. The Morgan fingerprint density at radius 2 is 2.36 bits per heavy atom. The second kappa shape index (κ2) is 5.25. The molecule has 0 radical (unpaired) electrons. The van der Waals surface area contributed by atoms with E-state index in [9.17, 15) is 0 Å². The summed E-state index contributed by atoms with van der Waals surface area (Å²) in [5, 5.41) is 8.93. The molecule has 74 valence electrons. The second-order valence-electron chi connectivity index (χ2n) is 2.86. The SMILES string of the molecule is C#CCN(CC)c1cccc(CO)n1. The van der Waals surface area contributed by atoms with Crippen LogP contribution in [0, 0.1) is 12.3 Å². The van der Waals surface area contributed by atoms with E-state index in [4.69, 9.17) is 11.5 Å². The number of aromatic nitrogens is 1. The van der Waals surface area contributed by atoms with Gasteiger partial charge in [0.15, 0.2) is 0 Å². The first kappa shape index (κ1) is 10.6. The minimum atomic E-state index is -0.0402. The van der Waals surface area contributed by atoms with Gasteiger partial charge in [0.05, 0.1) is 18.8 Å². The molecule has 0 atom stereocenters. The molecule has 0 spiro atoms. The lowest BCUT2D eigenvalue weighted by molar-refractivity contribution is 0.277. The second-order valence-corrected chi connectivity index (χ2v) is 2.86. The maximum Gasteiger partial charge on any atom is 0.129 e. The van der Waals surface area contributed by atoms with E-state index in [-0.39, 0.29) is 6.61 Å². The number of pyridine rings is 1. The summed E-state index contributed by atoms with van der Waals surface area (Å²) >= 11 is 0. The zero-order valence-corrected chi connectivity index (χ0v) is 8.27. The van der Waals surface area contributed by atoms with Crippen molar-refractivity contribution < 1.29 is 5.11 Å². The van der Waals surface area contributed by atoms with E-state index in [1.807, 2.05) is 24.0 Å². The maximum atomic E-state index is 8.93. The molecule has 0 bridgehead atoms. The first-order chi connectivity index (χ1) is 6.81. The van der Waals surface area contributed by atoms with Crippen molar-refractivity contribution in [3.05, 3.63) is 23.9 Å². The van der Waals surface area contributed by atoms with Crippen molar-refractivity contribution in [1.29, 1.82) is 0 Å². The minimum Gasteiger partial charge on any atom is -0.390 e. The minimum absolute atomic E-state index is 0.0402. The zero-order valence-electron chi connectivity index (χ0n) is 8.27. The molecule has 3 nitrogen and oxygen atoms in total. The third-order valence-electron chi connectivity index (χ3n) is 1.94. The first-order valence-corrected chi connectivity index (χ1v) is 4.57. The van der Waals surface area contributed by atoms with Gasteiger partial charge in [0.2, 0.25) is 0 Å². The van der Waals surface area contributed by atoms with Gasteiger partial charge in [0.25, 0.3) is 0 Å². The molecule has 0 aromatic carbocycles. The molecule has 3 heteroatoms. The highest BCUT2D eigenvalue weighted by Gasteiger charge is 2.03. The van der Waals surface area contributed by atoms with Gasteiger partial charge >= 0.3 is 0 Å². The molecule has 14 heavy (non-hydrogen) atoms. The van der Waals surface area contributed by atoms with Crippen LogP contribution in [0.3, 0.4) is 0 Å². The van der Waals surface area contributed by atoms with Gasteiger partial charge in [-0.2, -0.15) is 0 Å². The lowest BCUT2D eigenvalue weighted by Crippen LogP contribution is -2.24. The van der Waals surface area contributed by atoms with Gasteiger partial charge in [-0.15, -0.1) is 6.42 Å². The van der Waals surface area contributed by atoms with E-state index in [0.717, 1.165) is 12.4 Å². The van der Waals surface area contributed by atoms with E-state index in [0.29, 0.717) is 12.2 Å². The molecule has 0 unspecified atom stereocenters. The molecule has 1 rings (SSSR count). The summed E-state index contributed by atoms with van der Waals surface area (Å²) in [5.41, 5.74) is 0.665. The van der Waals surface area contributed by atoms with Crippen LogP contribution in [0.25, 0.3) is 0 Å². The van der Waals surface area contributed by atoms with Gasteiger partial charge in [-0.1, -0.05) is 12.0 Å². The fraction of sp³-hybridized carbons (Fsp3) is 0.364. The fourth-order valence-corrected chi connectivity index (χ4v) is 1.20. The van der Waals surface area contributed by atoms with Crippen LogP contribution >= 0.6 is 0 Å². The first-order valence-electron chi connectivity index (χ1n) is 4.57. The summed E-state index contributed by atoms with van der Waals surface area (Å²) in [6.07, 6.45) is 5.24. The molecule has 1 aromatic heterocycles. The highest BCUT2D eigenvalue weighted by atomic mass is 16.3. The lowest BCUT2D eigenvalue weighted by Gasteiger charge is -2.19. The molecule has 1 heterocycles. The summed E-state index contributed by atoms with van der Waals surface area (Å²) in [6, 6.07) is 5.54. The molecule has 0 aliphatic carbocycles. The van der Waals surface area contributed by atoms with Crippen molar-refractivity contribution in [2.45, 2.75) is 13.5 Å². The van der Waals surface area contributed by atoms with Crippen LogP contribution in [-0.4, -0.2) is 23.2 Å². The highest BCUT2D eigenvalue weighted by Crippen LogP contribution is 2.10. The standard InChI is InChI=1S/C11H14N2O/c1-3-8-13(4-2)11-7-5-6-10(9-14)12-11/h1,5-7,14H,4,8-9H2,2H3. The summed E-state index contributed by atoms with van der Waals surface area (Å²) in [6.45, 7) is 3.33. The predicted molar refractivity (Wildman–Crippen MR) is 56.9 cm³/mol. The number of rotatable bonds is 4. The number of aliphatic hydroxyl groups excluding tert-OH is 1. The van der Waals surface area contributed by atoms with Crippen LogP contribution in [0.5, 0.6) is 0 Å². The van der Waals surface area contributed by atoms with Crippen molar-refractivity contribution in [1.82, 2.24) is 4.98 Å². The number of anilines is 1. The number of hydrogen-bond acceptors (Lipinski definition) is 3. The van der Waals surface area contributed by atoms with Crippen molar-refractivity contribution >= 4 is 5.82 Å². The molecule has 0 fully saturated rings. The van der Waals surface area contributed by atoms with E-state index < -0.39 is 0 Å². The van der Waals surface area contributed by atoms with E-state index >= 15 is 0 Å². The molecule has 0 amide bonds. The number of terminal acetylenes is 1. The van der Waals surface area contributed by atoms with E-state index in [1.165, 1.54) is 0 Å². The Balaban J connectivity index is 2.87. The normalized spacial score (nSPS) is 9.50. The summed E-state index contributed by atoms with van der Waals surface area (Å²) in [4.78, 5) is 6.23.